The van der Waals surface area contributed by atoms with Crippen LogP contribution in [0.1, 0.15) is 5.56 Å². The van der Waals surface area contributed by atoms with Gasteiger partial charge in [0, 0.05) is 19.8 Å². The number of halogens is 1. The molecule has 2 heterocycles. The van der Waals surface area contributed by atoms with Crippen LogP contribution >= 0.6 is 11.6 Å². The zero-order chi connectivity index (χ0) is 18.3. The van der Waals surface area contributed by atoms with E-state index in [9.17, 15) is 14.4 Å². The molecule has 1 amide bonds. The molecule has 1 N–H and O–H groups in total. The molecule has 0 radical (unpaired) electrons. The first-order valence-corrected chi connectivity index (χ1v) is 7.86. The van der Waals surface area contributed by atoms with Crippen LogP contribution in [0.25, 0.3) is 11.2 Å². The molecule has 3 rings (SSSR count). The van der Waals surface area contributed by atoms with Crippen molar-refractivity contribution in [2.45, 2.75) is 13.5 Å². The summed E-state index contributed by atoms with van der Waals surface area (Å²) >= 11 is 6.10. The molecule has 1 aromatic carbocycles. The highest BCUT2D eigenvalue weighted by Crippen LogP contribution is 2.17. The minimum absolute atomic E-state index is 0.0340. The average molecular weight is 362 g/mol. The largest absolute Gasteiger partial charge is 0.332 e. The van der Waals surface area contributed by atoms with Crippen LogP contribution in [0.3, 0.4) is 0 Å². The third kappa shape index (κ3) is 2.85. The molecule has 8 nitrogen and oxygen atoms in total. The lowest BCUT2D eigenvalue weighted by Gasteiger charge is -2.10. The summed E-state index contributed by atoms with van der Waals surface area (Å²) in [5.41, 5.74) is 0.768. The van der Waals surface area contributed by atoms with E-state index in [2.05, 4.69) is 10.3 Å². The molecule has 0 spiro atoms. The number of hydrogen-bond donors (Lipinski definition) is 1. The molecule has 0 saturated heterocycles. The maximum atomic E-state index is 12.4. The molecular weight excluding hydrogens is 346 g/mol. The van der Waals surface area contributed by atoms with Gasteiger partial charge < -0.3 is 5.32 Å². The number of aromatic nitrogens is 4. The molecule has 2 aromatic heterocycles. The van der Waals surface area contributed by atoms with E-state index in [1.807, 2.05) is 25.1 Å². The summed E-state index contributed by atoms with van der Waals surface area (Å²) in [5.74, 6) is -0.355. The summed E-state index contributed by atoms with van der Waals surface area (Å²) in [6, 6.07) is 7.34. The van der Waals surface area contributed by atoms with Gasteiger partial charge in [-0.25, -0.2) is 4.79 Å². The number of anilines is 1. The second kappa shape index (κ2) is 6.21. The summed E-state index contributed by atoms with van der Waals surface area (Å²) in [6.07, 6.45) is 0. The second-order valence-corrected chi connectivity index (χ2v) is 6.05. The zero-order valence-corrected chi connectivity index (χ0v) is 14.7. The highest BCUT2D eigenvalue weighted by atomic mass is 35.5. The van der Waals surface area contributed by atoms with Gasteiger partial charge in [0.1, 0.15) is 6.54 Å². The molecule has 0 aliphatic heterocycles. The van der Waals surface area contributed by atoms with E-state index in [-0.39, 0.29) is 28.9 Å². The zero-order valence-electron chi connectivity index (χ0n) is 13.9. The van der Waals surface area contributed by atoms with Gasteiger partial charge in [-0.2, -0.15) is 4.98 Å². The number of nitrogens with one attached hydrogen (secondary N) is 1. The first kappa shape index (κ1) is 17.0. The number of rotatable bonds is 3. The van der Waals surface area contributed by atoms with Gasteiger partial charge in [0.2, 0.25) is 11.2 Å². The van der Waals surface area contributed by atoms with Gasteiger partial charge in [-0.05, 0) is 30.2 Å². The Hall–Kier alpha value is -2.87. The van der Waals surface area contributed by atoms with Crippen LogP contribution in [0.4, 0.5) is 5.69 Å². The fourth-order valence-corrected chi connectivity index (χ4v) is 2.84. The lowest BCUT2D eigenvalue weighted by molar-refractivity contribution is -0.116. The van der Waals surface area contributed by atoms with Crippen molar-refractivity contribution in [3.8, 4) is 0 Å². The van der Waals surface area contributed by atoms with Crippen molar-refractivity contribution >= 4 is 34.4 Å². The Balaban J connectivity index is 2.04. The molecule has 0 aliphatic rings. The van der Waals surface area contributed by atoms with Crippen molar-refractivity contribution in [2.75, 3.05) is 5.32 Å². The third-order valence-electron chi connectivity index (χ3n) is 4.02. The number of benzene rings is 1. The van der Waals surface area contributed by atoms with Crippen molar-refractivity contribution < 1.29 is 4.79 Å². The molecule has 0 unspecified atom stereocenters. The van der Waals surface area contributed by atoms with Crippen LogP contribution in [-0.4, -0.2) is 24.6 Å². The third-order valence-corrected chi connectivity index (χ3v) is 4.31. The molecule has 9 heteroatoms. The molecule has 0 atom stereocenters. The Morgan fingerprint density at radius 1 is 1.20 bits per heavy atom. The maximum absolute atomic E-state index is 12.4. The number of imidazole rings is 1. The Morgan fingerprint density at radius 2 is 1.88 bits per heavy atom. The van der Waals surface area contributed by atoms with E-state index in [1.165, 1.54) is 23.2 Å². The fraction of sp³-hybridized carbons (Fsp3) is 0.250. The molecule has 0 bridgehead atoms. The monoisotopic (exact) mass is 361 g/mol. The Kier molecular flexibility index (Phi) is 4.22. The first-order chi connectivity index (χ1) is 11.8. The predicted molar refractivity (Wildman–Crippen MR) is 95.0 cm³/mol. The van der Waals surface area contributed by atoms with E-state index >= 15 is 0 Å². The van der Waals surface area contributed by atoms with Crippen LogP contribution in [0.2, 0.25) is 5.28 Å². The van der Waals surface area contributed by atoms with E-state index in [4.69, 9.17) is 11.6 Å². The van der Waals surface area contributed by atoms with Crippen molar-refractivity contribution in [1.29, 1.82) is 0 Å². The fourth-order valence-electron chi connectivity index (χ4n) is 2.61. The number of carbonyl (C=O) groups is 1. The number of fused-ring (bicyclic) bond motifs is 1. The summed E-state index contributed by atoms with van der Waals surface area (Å²) in [5, 5.41) is 2.74. The first-order valence-electron chi connectivity index (χ1n) is 7.48. The van der Waals surface area contributed by atoms with Crippen LogP contribution in [0, 0.1) is 6.92 Å². The van der Waals surface area contributed by atoms with Crippen molar-refractivity contribution in [2.24, 2.45) is 14.1 Å². The summed E-state index contributed by atoms with van der Waals surface area (Å²) in [4.78, 5) is 40.8. The normalized spacial score (nSPS) is 11.0. The topological polar surface area (TPSA) is 90.9 Å². The highest BCUT2D eigenvalue weighted by molar-refractivity contribution is 6.29. The van der Waals surface area contributed by atoms with Gasteiger partial charge >= 0.3 is 5.69 Å². The maximum Gasteiger partial charge on any atom is 0.332 e. The number of aryl methyl sites for hydroxylation is 2. The summed E-state index contributed by atoms with van der Waals surface area (Å²) in [7, 11) is 2.86. The molecular formula is C16H16ClN5O3. The smallest absolute Gasteiger partial charge is 0.324 e. The number of nitrogens with zero attached hydrogens (tertiary/aromatic N) is 4. The lowest BCUT2D eigenvalue weighted by Crippen LogP contribution is -2.37. The molecule has 25 heavy (non-hydrogen) atoms. The quantitative estimate of drug-likeness (QED) is 0.705. The minimum Gasteiger partial charge on any atom is -0.324 e. The lowest BCUT2D eigenvalue weighted by atomic mass is 10.2. The van der Waals surface area contributed by atoms with Gasteiger partial charge in [0.05, 0.1) is 0 Å². The van der Waals surface area contributed by atoms with E-state index < -0.39 is 11.2 Å². The van der Waals surface area contributed by atoms with Gasteiger partial charge in [-0.3, -0.25) is 23.3 Å². The molecule has 0 saturated carbocycles. The SMILES string of the molecule is Cc1ccccc1NC(=O)Cn1c(Cl)nc2c1c(=O)n(C)c(=O)n2C. The van der Waals surface area contributed by atoms with Gasteiger partial charge in [-0.1, -0.05) is 18.2 Å². The predicted octanol–water partition coefficient (Wildman–Crippen LogP) is 1.03. The van der Waals surface area contributed by atoms with E-state index in [0.717, 1.165) is 10.1 Å². The molecule has 0 fully saturated rings. The number of hydrogen-bond acceptors (Lipinski definition) is 4. The average Bonchev–Trinajstić information content (AvgIpc) is 2.90. The number of carbonyl (C=O) groups excluding carboxylic acids is 1. The van der Waals surface area contributed by atoms with Crippen LogP contribution in [0.15, 0.2) is 33.9 Å². The summed E-state index contributed by atoms with van der Waals surface area (Å²) < 4.78 is 3.47. The Morgan fingerprint density at radius 3 is 2.56 bits per heavy atom. The Labute approximate surface area is 147 Å². The van der Waals surface area contributed by atoms with E-state index in [1.54, 1.807) is 6.07 Å². The van der Waals surface area contributed by atoms with Crippen LogP contribution in [0.5, 0.6) is 0 Å². The second-order valence-electron chi connectivity index (χ2n) is 5.71. The van der Waals surface area contributed by atoms with Gasteiger partial charge in [-0.15, -0.1) is 0 Å². The Bertz CT molecular complexity index is 1110. The number of para-hydroxylation sites is 1. The van der Waals surface area contributed by atoms with Crippen molar-refractivity contribution in [3.05, 3.63) is 56.0 Å². The van der Waals surface area contributed by atoms with Crippen LogP contribution < -0.4 is 16.6 Å². The number of amides is 1. The van der Waals surface area contributed by atoms with E-state index in [0.29, 0.717) is 5.69 Å². The molecule has 0 aliphatic carbocycles. The summed E-state index contributed by atoms with van der Waals surface area (Å²) in [6.45, 7) is 1.68. The van der Waals surface area contributed by atoms with Crippen LogP contribution in [-0.2, 0) is 25.4 Å². The minimum atomic E-state index is -0.554. The van der Waals surface area contributed by atoms with Crippen molar-refractivity contribution in [3.63, 3.8) is 0 Å². The standard InChI is InChI=1S/C16H16ClN5O3/c1-9-6-4-5-7-10(9)18-11(23)8-22-12-13(19-15(22)17)20(2)16(25)21(3)14(12)24/h4-7H,8H2,1-3H3,(H,18,23). The van der Waals surface area contributed by atoms with Crippen molar-refractivity contribution in [1.82, 2.24) is 18.7 Å². The molecule has 3 aromatic rings. The van der Waals surface area contributed by atoms with Gasteiger partial charge in [0.25, 0.3) is 5.56 Å². The molecule has 130 valence electrons. The highest BCUT2D eigenvalue weighted by Gasteiger charge is 2.19. The van der Waals surface area contributed by atoms with Gasteiger partial charge in [0.15, 0.2) is 11.2 Å².